The molecule has 1 aromatic carbocycles. The molecule has 2 aliphatic heterocycles. The van der Waals surface area contributed by atoms with Gasteiger partial charge in [-0.15, -0.1) is 0 Å². The second-order valence-electron chi connectivity index (χ2n) is 5.69. The van der Waals surface area contributed by atoms with Crippen molar-refractivity contribution in [2.75, 3.05) is 13.7 Å². The number of fused-ring (bicyclic) bond motifs is 2. The number of hydrogen-bond acceptors (Lipinski definition) is 2. The summed E-state index contributed by atoms with van der Waals surface area (Å²) in [5, 5.41) is 10.6. The quantitative estimate of drug-likeness (QED) is 0.889. The summed E-state index contributed by atoms with van der Waals surface area (Å²) in [5.41, 5.74) is 1.28. The molecule has 0 radical (unpaired) electrons. The van der Waals surface area contributed by atoms with Gasteiger partial charge < -0.3 is 5.11 Å². The Hall–Kier alpha value is -0.570. The number of rotatable bonds is 2. The van der Waals surface area contributed by atoms with Crippen LogP contribution in [-0.2, 0) is 5.54 Å². The third-order valence-electron chi connectivity index (χ3n) is 5.10. The molecule has 2 unspecified atom stereocenters. The number of halogens is 1. The van der Waals surface area contributed by atoms with E-state index >= 15 is 0 Å². The minimum absolute atomic E-state index is 0.00255. The largest absolute Gasteiger partial charge is 0.396 e. The third-order valence-corrected chi connectivity index (χ3v) is 5.34. The summed E-state index contributed by atoms with van der Waals surface area (Å²) >= 11 is 6.15. The molecule has 98 valence electrons. The lowest BCUT2D eigenvalue weighted by Crippen LogP contribution is -2.52. The van der Waals surface area contributed by atoms with Crippen LogP contribution in [0.25, 0.3) is 0 Å². The van der Waals surface area contributed by atoms with Crippen LogP contribution in [0.3, 0.4) is 0 Å². The molecular formula is C15H20ClNO. The molecule has 2 nitrogen and oxygen atoms in total. The summed E-state index contributed by atoms with van der Waals surface area (Å²) in [6.45, 7) is 0.267. The number of benzene rings is 1. The first-order chi connectivity index (χ1) is 8.68. The van der Waals surface area contributed by atoms with Gasteiger partial charge in [-0.3, -0.25) is 4.90 Å². The SMILES string of the molecule is CN1C2CC[C@H](CO)C1(c1cccc(Cl)c1)CC2. The fraction of sp³-hybridized carbons (Fsp3) is 0.600. The van der Waals surface area contributed by atoms with Gasteiger partial charge in [0.05, 0.1) is 5.54 Å². The molecule has 0 spiro atoms. The van der Waals surface area contributed by atoms with Crippen molar-refractivity contribution in [3.63, 3.8) is 0 Å². The van der Waals surface area contributed by atoms with E-state index in [-0.39, 0.29) is 12.1 Å². The van der Waals surface area contributed by atoms with E-state index in [0.717, 1.165) is 17.9 Å². The van der Waals surface area contributed by atoms with Crippen LogP contribution in [-0.4, -0.2) is 29.7 Å². The van der Waals surface area contributed by atoms with E-state index in [1.54, 1.807) is 0 Å². The molecule has 2 bridgehead atoms. The lowest BCUT2D eigenvalue weighted by molar-refractivity contribution is -0.00674. The van der Waals surface area contributed by atoms with Gasteiger partial charge in [-0.1, -0.05) is 23.7 Å². The van der Waals surface area contributed by atoms with Crippen LogP contribution in [0.5, 0.6) is 0 Å². The highest BCUT2D eigenvalue weighted by atomic mass is 35.5. The molecule has 3 rings (SSSR count). The minimum atomic E-state index is 0.00255. The lowest BCUT2D eigenvalue weighted by Gasteiger charge is -2.48. The van der Waals surface area contributed by atoms with Crippen LogP contribution in [0.2, 0.25) is 5.02 Å². The topological polar surface area (TPSA) is 23.5 Å². The maximum Gasteiger partial charge on any atom is 0.0511 e. The Morgan fingerprint density at radius 2 is 2.22 bits per heavy atom. The van der Waals surface area contributed by atoms with E-state index in [1.165, 1.54) is 18.4 Å². The lowest BCUT2D eigenvalue weighted by atomic mass is 9.73. The van der Waals surface area contributed by atoms with Crippen molar-refractivity contribution in [2.45, 2.75) is 37.3 Å². The van der Waals surface area contributed by atoms with Gasteiger partial charge in [0, 0.05) is 23.6 Å². The van der Waals surface area contributed by atoms with Gasteiger partial charge in [0.2, 0.25) is 0 Å². The maximum absolute atomic E-state index is 9.77. The predicted octanol–water partition coefficient (Wildman–Crippen LogP) is 3.03. The number of piperidine rings is 1. The summed E-state index contributed by atoms with van der Waals surface area (Å²) in [5.74, 6) is 0.333. The number of hydrogen-bond donors (Lipinski definition) is 1. The van der Waals surface area contributed by atoms with Crippen LogP contribution in [0.4, 0.5) is 0 Å². The first kappa shape index (κ1) is 12.5. The van der Waals surface area contributed by atoms with Crippen molar-refractivity contribution >= 4 is 11.6 Å². The summed E-state index contributed by atoms with van der Waals surface area (Å²) in [4.78, 5) is 2.49. The minimum Gasteiger partial charge on any atom is -0.396 e. The van der Waals surface area contributed by atoms with Gasteiger partial charge in [-0.25, -0.2) is 0 Å². The summed E-state index contributed by atoms with van der Waals surface area (Å²) in [6.07, 6.45) is 4.71. The second kappa shape index (κ2) is 4.52. The number of aliphatic hydroxyl groups excluding tert-OH is 1. The molecule has 2 aliphatic rings. The van der Waals surface area contributed by atoms with Gasteiger partial charge in [-0.2, -0.15) is 0 Å². The van der Waals surface area contributed by atoms with E-state index in [9.17, 15) is 5.11 Å². The molecule has 2 fully saturated rings. The van der Waals surface area contributed by atoms with Gasteiger partial charge in [-0.05, 0) is 50.4 Å². The Balaban J connectivity index is 2.09. The van der Waals surface area contributed by atoms with Gasteiger partial charge >= 0.3 is 0 Å². The zero-order valence-corrected chi connectivity index (χ0v) is 11.5. The van der Waals surface area contributed by atoms with E-state index < -0.39 is 0 Å². The van der Waals surface area contributed by atoms with E-state index in [4.69, 9.17) is 11.6 Å². The summed E-state index contributed by atoms with van der Waals surface area (Å²) < 4.78 is 0. The van der Waals surface area contributed by atoms with Crippen molar-refractivity contribution in [3.05, 3.63) is 34.9 Å². The Bertz CT molecular complexity index is 450. The van der Waals surface area contributed by atoms with E-state index in [1.807, 2.05) is 12.1 Å². The molecule has 3 atom stereocenters. The van der Waals surface area contributed by atoms with Gasteiger partial charge in [0.1, 0.15) is 0 Å². The smallest absolute Gasteiger partial charge is 0.0511 e. The average Bonchev–Trinajstić information content (AvgIpc) is 2.60. The molecule has 2 saturated heterocycles. The van der Waals surface area contributed by atoms with E-state index in [0.29, 0.717) is 12.0 Å². The average molecular weight is 266 g/mol. The molecule has 0 amide bonds. The molecule has 0 aromatic heterocycles. The Morgan fingerprint density at radius 1 is 1.39 bits per heavy atom. The molecule has 0 saturated carbocycles. The van der Waals surface area contributed by atoms with Gasteiger partial charge in [0.25, 0.3) is 0 Å². The van der Waals surface area contributed by atoms with Crippen molar-refractivity contribution in [1.29, 1.82) is 0 Å². The van der Waals surface area contributed by atoms with Crippen LogP contribution in [0, 0.1) is 5.92 Å². The second-order valence-corrected chi connectivity index (χ2v) is 6.13. The Kier molecular flexibility index (Phi) is 3.13. The predicted molar refractivity (Wildman–Crippen MR) is 73.7 cm³/mol. The number of nitrogens with zero attached hydrogens (tertiary/aromatic N) is 1. The van der Waals surface area contributed by atoms with Crippen molar-refractivity contribution in [3.8, 4) is 0 Å². The highest BCUT2D eigenvalue weighted by Gasteiger charge is 2.53. The van der Waals surface area contributed by atoms with Crippen LogP contribution in [0.1, 0.15) is 31.2 Å². The highest BCUT2D eigenvalue weighted by Crippen LogP contribution is 2.52. The zero-order chi connectivity index (χ0) is 12.8. The normalized spacial score (nSPS) is 35.9. The zero-order valence-electron chi connectivity index (χ0n) is 10.8. The van der Waals surface area contributed by atoms with Crippen molar-refractivity contribution in [2.24, 2.45) is 5.92 Å². The van der Waals surface area contributed by atoms with Gasteiger partial charge in [0.15, 0.2) is 0 Å². The summed E-state index contributed by atoms with van der Waals surface area (Å²) in [6, 6.07) is 8.86. The Morgan fingerprint density at radius 3 is 2.94 bits per heavy atom. The standard InChI is InChI=1S/C15H20ClNO/c1-17-14-6-5-12(10-18)15(17,8-7-14)11-3-2-4-13(16)9-11/h2-4,9,12,14,18H,5-8,10H2,1H3/t12-,14?,15?/m1/s1. The fourth-order valence-corrected chi connectivity index (χ4v) is 4.32. The van der Waals surface area contributed by atoms with Crippen LogP contribution < -0.4 is 0 Å². The third kappa shape index (κ3) is 1.63. The maximum atomic E-state index is 9.77. The monoisotopic (exact) mass is 265 g/mol. The Labute approximate surface area is 114 Å². The molecular weight excluding hydrogens is 246 g/mol. The molecule has 1 aromatic rings. The van der Waals surface area contributed by atoms with E-state index in [2.05, 4.69) is 24.1 Å². The molecule has 2 heterocycles. The highest BCUT2D eigenvalue weighted by molar-refractivity contribution is 6.30. The van der Waals surface area contributed by atoms with Crippen molar-refractivity contribution in [1.82, 2.24) is 4.90 Å². The first-order valence-electron chi connectivity index (χ1n) is 6.78. The summed E-state index contributed by atoms with van der Waals surface area (Å²) in [7, 11) is 2.21. The van der Waals surface area contributed by atoms with Crippen LogP contribution in [0.15, 0.2) is 24.3 Å². The molecule has 0 aliphatic carbocycles. The molecule has 1 N–H and O–H groups in total. The number of aliphatic hydroxyl groups is 1. The molecule has 18 heavy (non-hydrogen) atoms. The van der Waals surface area contributed by atoms with Crippen molar-refractivity contribution < 1.29 is 5.11 Å². The molecule has 3 heteroatoms. The first-order valence-corrected chi connectivity index (χ1v) is 7.16. The van der Waals surface area contributed by atoms with Crippen LogP contribution >= 0.6 is 11.6 Å². The fourth-order valence-electron chi connectivity index (χ4n) is 4.13.